The van der Waals surface area contributed by atoms with E-state index in [1.807, 2.05) is 0 Å². The van der Waals surface area contributed by atoms with Crippen LogP contribution in [0.1, 0.15) is 28.1 Å². The van der Waals surface area contributed by atoms with Crippen LogP contribution < -0.4 is 4.90 Å². The number of hydrogen-bond donors (Lipinski definition) is 0. The maximum atomic E-state index is 13.6. The minimum absolute atomic E-state index is 0.0570. The summed E-state index contributed by atoms with van der Waals surface area (Å²) in [5.41, 5.74) is -2.51. The minimum atomic E-state index is -5.01. The van der Waals surface area contributed by atoms with Crippen LogP contribution in [0.25, 0.3) is 11.5 Å². The van der Waals surface area contributed by atoms with Crippen molar-refractivity contribution in [1.82, 2.24) is 29.8 Å². The Morgan fingerprint density at radius 2 is 1.52 bits per heavy atom. The largest absolute Gasteiger partial charge is 0.416 e. The molecule has 1 aliphatic heterocycles. The Morgan fingerprint density at radius 3 is 2.12 bits per heavy atom. The fraction of sp³-hybridized carbons (Fsp3) is 0.360. The topological polar surface area (TPSA) is 73.9 Å². The Bertz CT molecular complexity index is 1550. The van der Waals surface area contributed by atoms with Crippen LogP contribution in [0.3, 0.4) is 0 Å². The second-order valence-electron chi connectivity index (χ2n) is 9.33. The summed E-state index contributed by atoms with van der Waals surface area (Å²) in [6.07, 6.45) is -10.0. The molecule has 224 valence electrons. The molecule has 0 amide bonds. The predicted octanol–water partition coefficient (Wildman–Crippen LogP) is 6.04. The van der Waals surface area contributed by atoms with Crippen molar-refractivity contribution >= 4 is 29.0 Å². The van der Waals surface area contributed by atoms with Gasteiger partial charge in [0.1, 0.15) is 11.6 Å². The van der Waals surface area contributed by atoms with Crippen molar-refractivity contribution in [3.05, 3.63) is 75.3 Å². The van der Waals surface area contributed by atoms with Crippen LogP contribution in [0.2, 0.25) is 5.02 Å². The number of aromatic nitrogens is 6. The fourth-order valence-corrected chi connectivity index (χ4v) is 4.95. The number of rotatable bonds is 7. The quantitative estimate of drug-likeness (QED) is 0.182. The highest BCUT2D eigenvalue weighted by molar-refractivity contribution is 6.31. The summed E-state index contributed by atoms with van der Waals surface area (Å²) in [7, 11) is 0. The molecule has 0 N–H and O–H groups in total. The van der Waals surface area contributed by atoms with E-state index in [0.29, 0.717) is 49.8 Å². The lowest BCUT2D eigenvalue weighted by molar-refractivity contribution is -0.143. The predicted molar refractivity (Wildman–Crippen MR) is 138 cm³/mol. The minimum Gasteiger partial charge on any atom is -0.378 e. The van der Waals surface area contributed by atoms with Crippen molar-refractivity contribution in [3.8, 4) is 11.5 Å². The van der Waals surface area contributed by atoms with Gasteiger partial charge in [0, 0.05) is 18.1 Å². The molecule has 0 bridgehead atoms. The molecular weight excluding hydrogens is 618 g/mol. The summed E-state index contributed by atoms with van der Waals surface area (Å²) in [5.74, 6) is 0.147. The van der Waals surface area contributed by atoms with Gasteiger partial charge in [-0.25, -0.2) is 9.07 Å². The molecule has 42 heavy (non-hydrogen) atoms. The maximum Gasteiger partial charge on any atom is 0.416 e. The number of benzene rings is 2. The third kappa shape index (κ3) is 6.32. The molecule has 0 atom stereocenters. The Morgan fingerprint density at radius 1 is 0.857 bits per heavy atom. The molecule has 17 heteroatoms. The molecule has 1 fully saturated rings. The standard InChI is InChI=1S/C25H20Cl2F7N7O/c26-11-20-35-37-22(40(20)13-15-1-2-18(28)10-19(15)27)21-23(39-3-5-42-6-4-39)41(38-36-21)12-14-7-16(24(29,30)31)9-17(8-14)25(32,33)34/h1-2,7-10H,3-6,11-13H2. The second-order valence-corrected chi connectivity index (χ2v) is 10.0. The lowest BCUT2D eigenvalue weighted by Gasteiger charge is -2.29. The van der Waals surface area contributed by atoms with Gasteiger partial charge in [-0.15, -0.1) is 26.9 Å². The summed E-state index contributed by atoms with van der Waals surface area (Å²) in [5, 5.41) is 16.8. The molecule has 0 radical (unpaired) electrons. The van der Waals surface area contributed by atoms with Crippen molar-refractivity contribution in [2.45, 2.75) is 31.3 Å². The van der Waals surface area contributed by atoms with E-state index in [1.54, 1.807) is 9.47 Å². The van der Waals surface area contributed by atoms with E-state index in [-0.39, 0.29) is 46.4 Å². The van der Waals surface area contributed by atoms with Gasteiger partial charge >= 0.3 is 12.4 Å². The first-order valence-corrected chi connectivity index (χ1v) is 13.2. The zero-order valence-electron chi connectivity index (χ0n) is 21.4. The molecule has 2 aromatic heterocycles. The summed E-state index contributed by atoms with van der Waals surface area (Å²) in [4.78, 5) is 1.79. The molecule has 2 aromatic carbocycles. The van der Waals surface area contributed by atoms with E-state index in [2.05, 4.69) is 20.5 Å². The van der Waals surface area contributed by atoms with Gasteiger partial charge in [-0.3, -0.25) is 0 Å². The zero-order chi connectivity index (χ0) is 30.2. The molecule has 0 unspecified atom stereocenters. The van der Waals surface area contributed by atoms with Gasteiger partial charge in [-0.1, -0.05) is 22.9 Å². The number of morpholine rings is 1. The number of alkyl halides is 7. The van der Waals surface area contributed by atoms with Crippen molar-refractivity contribution < 1.29 is 35.5 Å². The monoisotopic (exact) mass is 637 g/mol. The van der Waals surface area contributed by atoms with Gasteiger partial charge in [-0.05, 0) is 41.5 Å². The second kappa shape index (κ2) is 11.7. The highest BCUT2D eigenvalue weighted by Crippen LogP contribution is 2.37. The van der Waals surface area contributed by atoms with E-state index in [4.69, 9.17) is 27.9 Å². The highest BCUT2D eigenvalue weighted by atomic mass is 35.5. The molecule has 0 aliphatic carbocycles. The third-order valence-corrected chi connectivity index (χ3v) is 7.09. The number of anilines is 1. The molecular formula is C25H20Cl2F7N7O. The van der Waals surface area contributed by atoms with Crippen LogP contribution in [0.15, 0.2) is 36.4 Å². The molecule has 4 aromatic rings. The van der Waals surface area contributed by atoms with Crippen LogP contribution >= 0.6 is 23.2 Å². The van der Waals surface area contributed by atoms with E-state index in [9.17, 15) is 30.7 Å². The Kier molecular flexibility index (Phi) is 8.36. The summed E-state index contributed by atoms with van der Waals surface area (Å²) in [6, 6.07) is 5.20. The molecule has 8 nitrogen and oxygen atoms in total. The van der Waals surface area contributed by atoms with Crippen molar-refractivity contribution in [2.75, 3.05) is 31.2 Å². The molecule has 1 saturated heterocycles. The molecule has 1 aliphatic rings. The maximum absolute atomic E-state index is 13.6. The average molecular weight is 638 g/mol. The van der Waals surface area contributed by atoms with Crippen molar-refractivity contribution in [1.29, 1.82) is 0 Å². The fourth-order valence-electron chi connectivity index (χ4n) is 4.53. The normalized spacial score (nSPS) is 14.5. The van der Waals surface area contributed by atoms with Crippen LogP contribution in [-0.4, -0.2) is 56.1 Å². The number of nitrogens with zero attached hydrogens (tertiary/aromatic N) is 7. The first-order chi connectivity index (χ1) is 19.8. The first kappa shape index (κ1) is 30.0. The van der Waals surface area contributed by atoms with Gasteiger partial charge in [0.2, 0.25) is 0 Å². The number of ether oxygens (including phenoxy) is 1. The molecule has 3 heterocycles. The Labute approximate surface area is 243 Å². The zero-order valence-corrected chi connectivity index (χ0v) is 22.9. The SMILES string of the molecule is Fc1ccc(Cn2c(CCl)nnc2-c2nnn(Cc3cc(C(F)(F)F)cc(C(F)(F)F)c3)c2N2CCOCC2)c(Cl)c1. The first-order valence-electron chi connectivity index (χ1n) is 12.3. The summed E-state index contributed by atoms with van der Waals surface area (Å²) >= 11 is 12.3. The smallest absolute Gasteiger partial charge is 0.378 e. The summed E-state index contributed by atoms with van der Waals surface area (Å²) in [6.45, 7) is 0.858. The Hall–Kier alpha value is -3.43. The van der Waals surface area contributed by atoms with E-state index >= 15 is 0 Å². The number of hydrogen-bond acceptors (Lipinski definition) is 6. The van der Waals surface area contributed by atoms with Crippen molar-refractivity contribution in [2.24, 2.45) is 0 Å². The molecule has 5 rings (SSSR count). The van der Waals surface area contributed by atoms with Crippen LogP contribution in [0.5, 0.6) is 0 Å². The molecule has 0 spiro atoms. The van der Waals surface area contributed by atoms with Crippen molar-refractivity contribution in [3.63, 3.8) is 0 Å². The third-order valence-electron chi connectivity index (χ3n) is 6.50. The van der Waals surface area contributed by atoms with Crippen LogP contribution in [0, 0.1) is 5.82 Å². The molecule has 0 saturated carbocycles. The van der Waals surface area contributed by atoms with Crippen LogP contribution in [0.4, 0.5) is 36.6 Å². The number of halogens is 9. The van der Waals surface area contributed by atoms with Gasteiger partial charge < -0.3 is 14.2 Å². The Balaban J connectivity index is 1.61. The lowest BCUT2D eigenvalue weighted by Crippen LogP contribution is -2.38. The van der Waals surface area contributed by atoms with Gasteiger partial charge in [0.25, 0.3) is 0 Å². The van der Waals surface area contributed by atoms with Gasteiger partial charge in [0.15, 0.2) is 17.3 Å². The van der Waals surface area contributed by atoms with E-state index in [1.165, 1.54) is 16.8 Å². The lowest BCUT2D eigenvalue weighted by atomic mass is 10.0. The van der Waals surface area contributed by atoms with Gasteiger partial charge in [-0.2, -0.15) is 26.3 Å². The highest BCUT2D eigenvalue weighted by Gasteiger charge is 2.37. The van der Waals surface area contributed by atoms with Crippen LogP contribution in [-0.2, 0) is 36.1 Å². The van der Waals surface area contributed by atoms with E-state index in [0.717, 1.165) is 6.07 Å². The average Bonchev–Trinajstić information content (AvgIpc) is 3.53. The summed E-state index contributed by atoms with van der Waals surface area (Å²) < 4.78 is 103. The van der Waals surface area contributed by atoms with Gasteiger partial charge in [0.05, 0.1) is 43.3 Å². The van der Waals surface area contributed by atoms with E-state index < -0.39 is 35.8 Å².